The number of carbonyl (C=O) groups is 1. The van der Waals surface area contributed by atoms with Crippen molar-refractivity contribution in [3.8, 4) is 11.3 Å². The van der Waals surface area contributed by atoms with Crippen LogP contribution in [0.5, 0.6) is 0 Å². The smallest absolute Gasteiger partial charge is 0.284 e. The van der Waals surface area contributed by atoms with Gasteiger partial charge in [-0.15, -0.1) is 0 Å². The maximum Gasteiger partial charge on any atom is 0.284 e. The summed E-state index contributed by atoms with van der Waals surface area (Å²) in [5.74, 6) is -0.232. The van der Waals surface area contributed by atoms with Crippen LogP contribution in [0, 0.1) is 0 Å². The zero-order chi connectivity index (χ0) is 13.3. The third-order valence-corrected chi connectivity index (χ3v) is 3.51. The van der Waals surface area contributed by atoms with Crippen molar-refractivity contribution in [1.29, 1.82) is 0 Å². The fourth-order valence-electron chi connectivity index (χ4n) is 1.51. The van der Waals surface area contributed by atoms with E-state index < -0.39 is 15.7 Å². The molecule has 0 aliphatic carbocycles. The van der Waals surface area contributed by atoms with Gasteiger partial charge in [0, 0.05) is 11.8 Å². The van der Waals surface area contributed by atoms with Crippen LogP contribution in [0.25, 0.3) is 11.3 Å². The molecule has 0 bridgehead atoms. The highest BCUT2D eigenvalue weighted by Crippen LogP contribution is 2.24. The van der Waals surface area contributed by atoms with Gasteiger partial charge >= 0.3 is 0 Å². The summed E-state index contributed by atoms with van der Waals surface area (Å²) in [5, 5.41) is 0. The molecule has 18 heavy (non-hydrogen) atoms. The standard InChI is InChI=1S/C12H11NO4S/c1-18(15,16)9-4-2-3-8(7-9)10-5-6-11(17-10)12(13)14/h2-7H,1H3,(H2,13,14). The van der Waals surface area contributed by atoms with Gasteiger partial charge < -0.3 is 10.2 Å². The lowest BCUT2D eigenvalue weighted by atomic mass is 10.2. The predicted molar refractivity (Wildman–Crippen MR) is 65.8 cm³/mol. The highest BCUT2D eigenvalue weighted by molar-refractivity contribution is 7.90. The Morgan fingerprint density at radius 3 is 2.50 bits per heavy atom. The molecule has 0 aliphatic heterocycles. The molecular formula is C12H11NO4S. The second kappa shape index (κ2) is 4.30. The average molecular weight is 265 g/mol. The Hall–Kier alpha value is -2.08. The Morgan fingerprint density at radius 2 is 1.94 bits per heavy atom. The first-order valence-corrected chi connectivity index (χ1v) is 6.97. The number of nitrogens with two attached hydrogens (primary N) is 1. The number of rotatable bonds is 3. The van der Waals surface area contributed by atoms with Gasteiger partial charge in [0.05, 0.1) is 4.90 Å². The molecule has 94 valence electrons. The summed E-state index contributed by atoms with van der Waals surface area (Å²) in [7, 11) is -3.28. The predicted octanol–water partition coefficient (Wildman–Crippen LogP) is 1.45. The Labute approximate surface area is 104 Å². The van der Waals surface area contributed by atoms with E-state index in [4.69, 9.17) is 10.2 Å². The van der Waals surface area contributed by atoms with Crippen molar-refractivity contribution in [3.63, 3.8) is 0 Å². The van der Waals surface area contributed by atoms with E-state index in [9.17, 15) is 13.2 Å². The first-order valence-electron chi connectivity index (χ1n) is 5.08. The molecule has 0 unspecified atom stereocenters. The zero-order valence-corrected chi connectivity index (χ0v) is 10.4. The molecule has 0 fully saturated rings. The molecule has 5 nitrogen and oxygen atoms in total. The number of sulfone groups is 1. The molecule has 2 N–H and O–H groups in total. The molecule has 2 aromatic rings. The van der Waals surface area contributed by atoms with E-state index >= 15 is 0 Å². The Bertz CT molecular complexity index is 700. The summed E-state index contributed by atoms with van der Waals surface area (Å²) in [5.41, 5.74) is 5.65. The highest BCUT2D eigenvalue weighted by Gasteiger charge is 2.12. The van der Waals surface area contributed by atoms with Crippen molar-refractivity contribution in [2.45, 2.75) is 4.90 Å². The average Bonchev–Trinajstić information content (AvgIpc) is 2.77. The molecule has 0 aliphatic rings. The minimum Gasteiger partial charge on any atom is -0.451 e. The summed E-state index contributed by atoms with van der Waals surface area (Å²) in [6.07, 6.45) is 1.13. The van der Waals surface area contributed by atoms with E-state index in [-0.39, 0.29) is 10.7 Å². The molecule has 0 radical (unpaired) electrons. The maximum atomic E-state index is 11.4. The largest absolute Gasteiger partial charge is 0.451 e. The molecule has 1 heterocycles. The molecule has 6 heteroatoms. The normalized spacial score (nSPS) is 11.4. The van der Waals surface area contributed by atoms with E-state index in [1.165, 1.54) is 18.2 Å². The van der Waals surface area contributed by atoms with E-state index in [2.05, 4.69) is 0 Å². The Morgan fingerprint density at radius 1 is 1.22 bits per heavy atom. The van der Waals surface area contributed by atoms with Crippen LogP contribution >= 0.6 is 0 Å². The van der Waals surface area contributed by atoms with Crippen LogP contribution in [-0.4, -0.2) is 20.6 Å². The molecular weight excluding hydrogens is 254 g/mol. The number of benzene rings is 1. The third-order valence-electron chi connectivity index (χ3n) is 2.40. The fraction of sp³-hybridized carbons (Fsp3) is 0.0833. The van der Waals surface area contributed by atoms with Gasteiger partial charge in [0.1, 0.15) is 5.76 Å². The van der Waals surface area contributed by atoms with Crippen LogP contribution in [-0.2, 0) is 9.84 Å². The number of hydrogen-bond donors (Lipinski definition) is 1. The lowest BCUT2D eigenvalue weighted by molar-refractivity contribution is 0.0974. The summed E-state index contributed by atoms with van der Waals surface area (Å²) in [6, 6.07) is 9.30. The molecule has 1 aromatic carbocycles. The van der Waals surface area contributed by atoms with Crippen molar-refractivity contribution < 1.29 is 17.6 Å². The topological polar surface area (TPSA) is 90.4 Å². The Kier molecular flexibility index (Phi) is 2.96. The van der Waals surface area contributed by atoms with Crippen molar-refractivity contribution in [3.05, 3.63) is 42.2 Å². The van der Waals surface area contributed by atoms with Gasteiger partial charge in [-0.2, -0.15) is 0 Å². The van der Waals surface area contributed by atoms with E-state index in [0.29, 0.717) is 11.3 Å². The van der Waals surface area contributed by atoms with Gasteiger partial charge in [0.2, 0.25) is 0 Å². The van der Waals surface area contributed by atoms with Crippen LogP contribution in [0.1, 0.15) is 10.6 Å². The molecule has 0 saturated carbocycles. The minimum absolute atomic E-state index is 0.0368. The summed E-state index contributed by atoms with van der Waals surface area (Å²) >= 11 is 0. The lowest BCUT2D eigenvalue weighted by Gasteiger charge is -2.01. The van der Waals surface area contributed by atoms with Gasteiger partial charge in [0.15, 0.2) is 15.6 Å². The minimum atomic E-state index is -3.28. The quantitative estimate of drug-likeness (QED) is 0.909. The van der Waals surface area contributed by atoms with Crippen molar-refractivity contribution in [1.82, 2.24) is 0 Å². The van der Waals surface area contributed by atoms with E-state index in [1.54, 1.807) is 18.2 Å². The first kappa shape index (κ1) is 12.4. The molecule has 1 aromatic heterocycles. The van der Waals surface area contributed by atoms with Crippen LogP contribution < -0.4 is 5.73 Å². The number of carbonyl (C=O) groups excluding carboxylic acids is 1. The van der Waals surface area contributed by atoms with Gasteiger partial charge in [-0.3, -0.25) is 4.79 Å². The zero-order valence-electron chi connectivity index (χ0n) is 9.58. The van der Waals surface area contributed by atoms with Gasteiger partial charge in [0.25, 0.3) is 5.91 Å². The second-order valence-corrected chi connectivity index (χ2v) is 5.84. The Balaban J connectivity index is 2.48. The lowest BCUT2D eigenvalue weighted by Crippen LogP contribution is -2.09. The highest BCUT2D eigenvalue weighted by atomic mass is 32.2. The maximum absolute atomic E-state index is 11.4. The molecule has 0 spiro atoms. The summed E-state index contributed by atoms with van der Waals surface area (Å²) < 4.78 is 28.1. The van der Waals surface area contributed by atoms with E-state index in [1.807, 2.05) is 0 Å². The van der Waals surface area contributed by atoms with E-state index in [0.717, 1.165) is 6.26 Å². The molecule has 2 rings (SSSR count). The van der Waals surface area contributed by atoms with Crippen molar-refractivity contribution >= 4 is 15.7 Å². The van der Waals surface area contributed by atoms with Crippen LogP contribution in [0.4, 0.5) is 0 Å². The van der Waals surface area contributed by atoms with Gasteiger partial charge in [-0.25, -0.2) is 8.42 Å². The van der Waals surface area contributed by atoms with Gasteiger partial charge in [-0.1, -0.05) is 12.1 Å². The fourth-order valence-corrected chi connectivity index (χ4v) is 2.17. The van der Waals surface area contributed by atoms with Crippen LogP contribution in [0.3, 0.4) is 0 Å². The molecule has 1 amide bonds. The monoisotopic (exact) mass is 265 g/mol. The summed E-state index contributed by atoms with van der Waals surface area (Å²) in [4.78, 5) is 11.1. The van der Waals surface area contributed by atoms with Crippen LogP contribution in [0.15, 0.2) is 45.7 Å². The number of furan rings is 1. The second-order valence-electron chi connectivity index (χ2n) is 3.83. The number of hydrogen-bond acceptors (Lipinski definition) is 4. The SMILES string of the molecule is CS(=O)(=O)c1cccc(-c2ccc(C(N)=O)o2)c1. The van der Waals surface area contributed by atoms with Crippen molar-refractivity contribution in [2.24, 2.45) is 5.73 Å². The van der Waals surface area contributed by atoms with Crippen molar-refractivity contribution in [2.75, 3.05) is 6.26 Å². The van der Waals surface area contributed by atoms with Gasteiger partial charge in [-0.05, 0) is 24.3 Å². The van der Waals surface area contributed by atoms with Crippen LogP contribution in [0.2, 0.25) is 0 Å². The first-order chi connectivity index (χ1) is 8.38. The summed E-state index contributed by atoms with van der Waals surface area (Å²) in [6.45, 7) is 0. The number of primary amides is 1. The number of amides is 1. The molecule has 0 atom stereocenters. The third kappa shape index (κ3) is 2.43. The molecule has 0 saturated heterocycles.